The number of halogens is 1. The van der Waals surface area contributed by atoms with Crippen molar-refractivity contribution in [3.63, 3.8) is 0 Å². The molecule has 5 rings (SSSR count). The van der Waals surface area contributed by atoms with Crippen LogP contribution < -0.4 is 0 Å². The molecule has 5 nitrogen and oxygen atoms in total. The molecule has 0 unspecified atom stereocenters. The summed E-state index contributed by atoms with van der Waals surface area (Å²) in [7, 11) is 0. The van der Waals surface area contributed by atoms with Crippen LogP contribution in [0, 0.1) is 0 Å². The first-order chi connectivity index (χ1) is 16.0. The van der Waals surface area contributed by atoms with Crippen molar-refractivity contribution in [1.29, 1.82) is 0 Å². The van der Waals surface area contributed by atoms with Crippen molar-refractivity contribution in [3.8, 4) is 11.3 Å². The molecule has 0 bridgehead atoms. The lowest BCUT2D eigenvalue weighted by molar-refractivity contribution is 0.0529. The molecule has 5 aromatic rings. The van der Waals surface area contributed by atoms with Crippen LogP contribution >= 0.6 is 15.9 Å². The van der Waals surface area contributed by atoms with E-state index in [1.54, 1.807) is 35.9 Å². The van der Waals surface area contributed by atoms with E-state index in [-0.39, 0.29) is 12.4 Å². The van der Waals surface area contributed by atoms with Crippen molar-refractivity contribution in [1.82, 2.24) is 9.38 Å². The first-order valence-corrected chi connectivity index (χ1v) is 11.3. The van der Waals surface area contributed by atoms with Gasteiger partial charge in [-0.15, -0.1) is 0 Å². The third-order valence-electron chi connectivity index (χ3n) is 5.54. The van der Waals surface area contributed by atoms with E-state index in [4.69, 9.17) is 4.74 Å². The third-order valence-corrected chi connectivity index (χ3v) is 6.07. The lowest BCUT2D eigenvalue weighted by Gasteiger charge is -2.07. The summed E-state index contributed by atoms with van der Waals surface area (Å²) in [6, 6.07) is 24.7. The van der Waals surface area contributed by atoms with Crippen LogP contribution in [0.4, 0.5) is 0 Å². The molecule has 33 heavy (non-hydrogen) atoms. The molecule has 0 aliphatic carbocycles. The standard InChI is InChI=1S/C27H19BrN2O3/c1-2-33-27(32)22-14-25(26(31)18-9-11-21(28)12-10-18)30-16-29-23(15-24(22)30)20-8-7-17-5-3-4-6-19(17)13-20/h3-16H,2H2,1H3. The molecule has 0 saturated carbocycles. The Bertz CT molecular complexity index is 1520. The monoisotopic (exact) mass is 498 g/mol. The van der Waals surface area contributed by atoms with Crippen molar-refractivity contribution in [2.75, 3.05) is 6.61 Å². The Balaban J connectivity index is 1.66. The number of carbonyl (C=O) groups excluding carboxylic acids is 2. The van der Waals surface area contributed by atoms with Gasteiger partial charge in [0.1, 0.15) is 6.33 Å². The first kappa shape index (κ1) is 21.1. The van der Waals surface area contributed by atoms with E-state index in [9.17, 15) is 9.59 Å². The molecule has 0 saturated heterocycles. The number of nitrogens with zero attached hydrogens (tertiary/aromatic N) is 2. The van der Waals surface area contributed by atoms with Gasteiger partial charge in [-0.25, -0.2) is 9.78 Å². The number of rotatable bonds is 5. The van der Waals surface area contributed by atoms with E-state index in [1.807, 2.05) is 48.5 Å². The SMILES string of the molecule is CCOC(=O)c1cc(C(=O)c2ccc(Br)cc2)n2cnc(-c3ccc4ccccc4c3)cc12. The van der Waals surface area contributed by atoms with Crippen molar-refractivity contribution in [2.24, 2.45) is 0 Å². The molecule has 6 heteroatoms. The fourth-order valence-corrected chi connectivity index (χ4v) is 4.17. The normalized spacial score (nSPS) is 11.1. The molecule has 0 amide bonds. The van der Waals surface area contributed by atoms with E-state index in [2.05, 4.69) is 33.0 Å². The van der Waals surface area contributed by atoms with Crippen LogP contribution in [0.15, 0.2) is 89.7 Å². The largest absolute Gasteiger partial charge is 0.462 e. The average molecular weight is 499 g/mol. The van der Waals surface area contributed by atoms with Gasteiger partial charge in [0.05, 0.1) is 29.1 Å². The third kappa shape index (κ3) is 3.94. The minimum absolute atomic E-state index is 0.201. The zero-order chi connectivity index (χ0) is 22.9. The fraction of sp³-hybridized carbons (Fsp3) is 0.0741. The summed E-state index contributed by atoms with van der Waals surface area (Å²) in [4.78, 5) is 30.6. The Morgan fingerprint density at radius 2 is 1.70 bits per heavy atom. The molecule has 0 aliphatic heterocycles. The molecule has 0 radical (unpaired) electrons. The van der Waals surface area contributed by atoms with Crippen molar-refractivity contribution < 1.29 is 14.3 Å². The van der Waals surface area contributed by atoms with Crippen molar-refractivity contribution in [3.05, 3.63) is 106 Å². The van der Waals surface area contributed by atoms with Crippen LogP contribution in [0.1, 0.15) is 33.3 Å². The van der Waals surface area contributed by atoms with Gasteiger partial charge in [-0.3, -0.25) is 9.20 Å². The van der Waals surface area contributed by atoms with E-state index >= 15 is 0 Å². The lowest BCUT2D eigenvalue weighted by Crippen LogP contribution is -2.05. The molecule has 0 aliphatic rings. The summed E-state index contributed by atoms with van der Waals surface area (Å²) >= 11 is 3.39. The number of esters is 1. The quantitative estimate of drug-likeness (QED) is 0.210. The van der Waals surface area contributed by atoms with Crippen LogP contribution in [-0.4, -0.2) is 27.7 Å². The molecule has 2 aromatic heterocycles. The average Bonchev–Trinajstić information content (AvgIpc) is 3.23. The van der Waals surface area contributed by atoms with Crippen LogP contribution in [0.2, 0.25) is 0 Å². The first-order valence-electron chi connectivity index (χ1n) is 10.5. The highest BCUT2D eigenvalue weighted by molar-refractivity contribution is 9.10. The topological polar surface area (TPSA) is 60.7 Å². The molecule has 2 heterocycles. The summed E-state index contributed by atoms with van der Waals surface area (Å²) in [6.45, 7) is 2.00. The van der Waals surface area contributed by atoms with Gasteiger partial charge in [-0.2, -0.15) is 0 Å². The number of fused-ring (bicyclic) bond motifs is 2. The Labute approximate surface area is 198 Å². The summed E-state index contributed by atoms with van der Waals surface area (Å²) in [5.41, 5.74) is 3.42. The number of benzene rings is 3. The maximum absolute atomic E-state index is 13.3. The second-order valence-electron chi connectivity index (χ2n) is 7.59. The van der Waals surface area contributed by atoms with E-state index in [1.165, 1.54) is 0 Å². The highest BCUT2D eigenvalue weighted by Gasteiger charge is 2.22. The Morgan fingerprint density at radius 1 is 0.939 bits per heavy atom. The second kappa shape index (κ2) is 8.64. The number of ether oxygens (including phenoxy) is 1. The fourth-order valence-electron chi connectivity index (χ4n) is 3.90. The van der Waals surface area contributed by atoms with E-state index in [0.29, 0.717) is 28.0 Å². The predicted molar refractivity (Wildman–Crippen MR) is 132 cm³/mol. The Hall–Kier alpha value is -3.77. The molecule has 3 aromatic carbocycles. The molecule has 162 valence electrons. The Kier molecular flexibility index (Phi) is 5.52. The molecule has 0 spiro atoms. The van der Waals surface area contributed by atoms with Gasteiger partial charge >= 0.3 is 5.97 Å². The highest BCUT2D eigenvalue weighted by atomic mass is 79.9. The highest BCUT2D eigenvalue weighted by Crippen LogP contribution is 2.27. The summed E-state index contributed by atoms with van der Waals surface area (Å²) in [5, 5.41) is 2.24. The van der Waals surface area contributed by atoms with Gasteiger partial charge < -0.3 is 4.74 Å². The number of aromatic nitrogens is 2. The van der Waals surface area contributed by atoms with Gasteiger partial charge in [0.25, 0.3) is 0 Å². The minimum Gasteiger partial charge on any atom is -0.462 e. The zero-order valence-corrected chi connectivity index (χ0v) is 19.4. The van der Waals surface area contributed by atoms with Gasteiger partial charge in [-0.05, 0) is 60.2 Å². The van der Waals surface area contributed by atoms with Gasteiger partial charge in [-0.1, -0.05) is 52.3 Å². The smallest absolute Gasteiger partial charge is 0.340 e. The number of hydrogen-bond donors (Lipinski definition) is 0. The van der Waals surface area contributed by atoms with E-state index < -0.39 is 5.97 Å². The number of ketones is 1. The van der Waals surface area contributed by atoms with Gasteiger partial charge in [0.15, 0.2) is 0 Å². The zero-order valence-electron chi connectivity index (χ0n) is 17.8. The maximum Gasteiger partial charge on any atom is 0.340 e. The lowest BCUT2D eigenvalue weighted by atomic mass is 10.0. The summed E-state index contributed by atoms with van der Waals surface area (Å²) in [6.07, 6.45) is 1.59. The van der Waals surface area contributed by atoms with Crippen LogP contribution in [0.3, 0.4) is 0 Å². The molecule has 0 N–H and O–H groups in total. The van der Waals surface area contributed by atoms with E-state index in [0.717, 1.165) is 20.8 Å². The van der Waals surface area contributed by atoms with Gasteiger partial charge in [0.2, 0.25) is 5.78 Å². The van der Waals surface area contributed by atoms with Crippen LogP contribution in [0.25, 0.3) is 27.5 Å². The Morgan fingerprint density at radius 3 is 2.45 bits per heavy atom. The minimum atomic E-state index is -0.472. The second-order valence-corrected chi connectivity index (χ2v) is 8.51. The van der Waals surface area contributed by atoms with Crippen molar-refractivity contribution in [2.45, 2.75) is 6.92 Å². The van der Waals surface area contributed by atoms with Crippen LogP contribution in [0.5, 0.6) is 0 Å². The molecular formula is C27H19BrN2O3. The predicted octanol–water partition coefficient (Wildman–Crippen LogP) is 6.32. The van der Waals surface area contributed by atoms with Gasteiger partial charge in [0, 0.05) is 15.6 Å². The molecule has 0 atom stereocenters. The summed E-state index contributed by atoms with van der Waals surface area (Å²) < 4.78 is 7.80. The molecule has 0 fully saturated rings. The molecular weight excluding hydrogens is 480 g/mol. The van der Waals surface area contributed by atoms with Crippen molar-refractivity contribution >= 4 is 44.0 Å². The number of hydrogen-bond acceptors (Lipinski definition) is 4. The maximum atomic E-state index is 13.3. The summed E-state index contributed by atoms with van der Waals surface area (Å²) in [5.74, 6) is -0.672. The number of carbonyl (C=O) groups is 2. The van der Waals surface area contributed by atoms with Crippen LogP contribution in [-0.2, 0) is 4.74 Å².